The summed E-state index contributed by atoms with van der Waals surface area (Å²) in [5.41, 5.74) is 0. The van der Waals surface area contributed by atoms with Crippen LogP contribution in [0.15, 0.2) is 146 Å². The number of amides is 1. The molecule has 0 aromatic heterocycles. The molecule has 1 amide bonds. The zero-order chi connectivity index (χ0) is 55.6. The van der Waals surface area contributed by atoms with Crippen molar-refractivity contribution in [3.05, 3.63) is 146 Å². The molecule has 0 heterocycles. The normalized spacial score (nSPS) is 14.9. The zero-order valence-electron chi connectivity index (χ0n) is 49.1. The van der Waals surface area contributed by atoms with Gasteiger partial charge in [0.1, 0.15) is 13.2 Å². The van der Waals surface area contributed by atoms with Gasteiger partial charge in [-0.25, -0.2) is 0 Å². The van der Waals surface area contributed by atoms with Crippen molar-refractivity contribution in [2.75, 3.05) is 40.9 Å². The number of aliphatic hydroxyl groups excluding tert-OH is 1. The van der Waals surface area contributed by atoms with Gasteiger partial charge in [-0.05, 0) is 103 Å². The average molecular weight is 1070 g/mol. The van der Waals surface area contributed by atoms with Gasteiger partial charge in [0.25, 0.3) is 7.82 Å². The largest absolute Gasteiger partial charge is 0.756 e. The van der Waals surface area contributed by atoms with Gasteiger partial charge in [0.2, 0.25) is 5.91 Å². The lowest BCUT2D eigenvalue weighted by atomic mass is 10.0. The fourth-order valence-electron chi connectivity index (χ4n) is 7.86. The number of aliphatic hydroxyl groups is 1. The smallest absolute Gasteiger partial charge is 0.268 e. The summed E-state index contributed by atoms with van der Waals surface area (Å²) in [4.78, 5) is 25.5. The van der Waals surface area contributed by atoms with E-state index in [0.29, 0.717) is 17.4 Å². The molecule has 0 aromatic carbocycles. The van der Waals surface area contributed by atoms with Gasteiger partial charge in [-0.1, -0.05) is 256 Å². The molecule has 8 nitrogen and oxygen atoms in total. The number of unbranched alkanes of at least 4 members (excludes halogenated alkanes) is 18. The Morgan fingerprint density at radius 3 is 1.17 bits per heavy atom. The molecule has 432 valence electrons. The van der Waals surface area contributed by atoms with Crippen molar-refractivity contribution in [3.8, 4) is 0 Å². The number of likely N-dealkylation sites (N-methyl/N-ethyl adjacent to an activating group) is 1. The lowest BCUT2D eigenvalue weighted by Crippen LogP contribution is -2.45. The van der Waals surface area contributed by atoms with Crippen LogP contribution < -0.4 is 10.2 Å². The van der Waals surface area contributed by atoms with Crippen LogP contribution in [0.5, 0.6) is 0 Å². The Morgan fingerprint density at radius 1 is 0.474 bits per heavy atom. The summed E-state index contributed by atoms with van der Waals surface area (Å²) in [6.45, 7) is 4.50. The summed E-state index contributed by atoms with van der Waals surface area (Å²) >= 11 is 0. The van der Waals surface area contributed by atoms with Crippen molar-refractivity contribution >= 4 is 13.7 Å². The molecule has 0 aliphatic carbocycles. The van der Waals surface area contributed by atoms with Gasteiger partial charge >= 0.3 is 0 Å². The van der Waals surface area contributed by atoms with Gasteiger partial charge in [-0.15, -0.1) is 0 Å². The number of nitrogens with one attached hydrogen (secondary N) is 1. The summed E-state index contributed by atoms with van der Waals surface area (Å²) in [5, 5.41) is 13.8. The number of hydrogen-bond donors (Lipinski definition) is 2. The Kier molecular flexibility index (Phi) is 53.4. The van der Waals surface area contributed by atoms with Crippen molar-refractivity contribution in [1.82, 2.24) is 5.32 Å². The maximum atomic E-state index is 12.9. The van der Waals surface area contributed by atoms with Gasteiger partial charge in [0.15, 0.2) is 0 Å². The van der Waals surface area contributed by atoms with Crippen LogP contribution in [0, 0.1) is 0 Å². The summed E-state index contributed by atoms with van der Waals surface area (Å²) in [6, 6.07) is -0.902. The Morgan fingerprint density at radius 2 is 0.803 bits per heavy atom. The molecule has 0 fully saturated rings. The zero-order valence-corrected chi connectivity index (χ0v) is 50.0. The van der Waals surface area contributed by atoms with Crippen molar-refractivity contribution in [2.45, 2.75) is 231 Å². The summed E-state index contributed by atoms with van der Waals surface area (Å²) in [5.74, 6) is -0.215. The number of phosphoric ester groups is 1. The third-order valence-corrected chi connectivity index (χ3v) is 13.5. The SMILES string of the molecule is CC/C=C\C/C=C\C/C=C\C/C=C\C/C=C\C/C=C\C/C=C\C/C=C\C/C=C\C/C=C\C/C=C\CCCCCCCCCC(=O)NC(COP(=O)([O-])OCC[N+](C)(C)C)C(O)/C=C/CCCCCCCCCCCCC. The Bertz CT molecular complexity index is 1740. The number of carbonyl (C=O) groups excluding carboxylic acids is 1. The topological polar surface area (TPSA) is 108 Å². The standard InChI is InChI=1S/C67H113N2O6P/c1-6-8-10-12-14-16-18-20-21-22-23-24-25-26-27-28-29-30-31-32-33-34-35-36-37-38-39-40-41-42-43-44-45-46-47-49-51-53-55-57-59-61-67(71)68-65(64-75-76(72,73)74-63-62-69(3,4)5)66(70)60-58-56-54-52-50-48-19-17-15-13-11-9-7-2/h8,10,14,16,20-21,23-24,26-27,29-30,32-33,35-36,38-39,41-42,44-45,58,60,65-66,70H,6-7,9,11-13,15,17-19,22,25,28,31,34,37,40,43,46-57,59,61-64H2,1-5H3,(H-,68,71,72,73)/b10-8-,16-14-,21-20-,24-23-,27-26-,30-29-,33-32-,36-35-,39-38-,42-41-,45-44-,60-58+. The summed E-state index contributed by atoms with van der Waals surface area (Å²) in [6.07, 6.45) is 86.4. The number of quaternary nitrogens is 1. The molecule has 3 unspecified atom stereocenters. The van der Waals surface area contributed by atoms with Crippen LogP contribution in [-0.4, -0.2) is 68.5 Å². The van der Waals surface area contributed by atoms with Crippen molar-refractivity contribution < 1.29 is 32.9 Å². The highest BCUT2D eigenvalue weighted by Crippen LogP contribution is 2.38. The van der Waals surface area contributed by atoms with Crippen molar-refractivity contribution in [2.24, 2.45) is 0 Å². The first kappa shape index (κ1) is 72.4. The van der Waals surface area contributed by atoms with Crippen LogP contribution in [0.2, 0.25) is 0 Å². The van der Waals surface area contributed by atoms with Crippen LogP contribution >= 0.6 is 7.82 Å². The number of nitrogens with zero attached hydrogens (tertiary/aromatic N) is 1. The molecule has 0 saturated carbocycles. The first-order chi connectivity index (χ1) is 37.0. The highest BCUT2D eigenvalue weighted by atomic mass is 31.2. The molecule has 0 spiro atoms. The molecule has 0 aromatic rings. The molecule has 0 rings (SSSR count). The monoisotopic (exact) mass is 1070 g/mol. The molecule has 0 radical (unpaired) electrons. The molecule has 0 aliphatic heterocycles. The highest BCUT2D eigenvalue weighted by Gasteiger charge is 2.23. The van der Waals surface area contributed by atoms with E-state index in [2.05, 4.69) is 153 Å². The van der Waals surface area contributed by atoms with Crippen LogP contribution in [-0.2, 0) is 18.4 Å². The number of carbonyl (C=O) groups is 1. The molecular formula is C67H113N2O6P. The molecule has 0 saturated heterocycles. The van der Waals surface area contributed by atoms with Crippen molar-refractivity contribution in [1.29, 1.82) is 0 Å². The molecule has 0 aliphatic rings. The third-order valence-electron chi connectivity index (χ3n) is 12.6. The fourth-order valence-corrected chi connectivity index (χ4v) is 8.59. The van der Waals surface area contributed by atoms with Gasteiger partial charge in [-0.2, -0.15) is 0 Å². The summed E-state index contributed by atoms with van der Waals surface area (Å²) in [7, 11) is 1.23. The van der Waals surface area contributed by atoms with Gasteiger partial charge in [0, 0.05) is 6.42 Å². The third kappa shape index (κ3) is 58.1. The minimum Gasteiger partial charge on any atom is -0.756 e. The van der Waals surface area contributed by atoms with E-state index in [1.807, 2.05) is 27.2 Å². The van der Waals surface area contributed by atoms with Crippen LogP contribution in [0.3, 0.4) is 0 Å². The Labute approximate surface area is 468 Å². The number of allylic oxidation sites excluding steroid dienone is 23. The second-order valence-electron chi connectivity index (χ2n) is 21.0. The predicted molar refractivity (Wildman–Crippen MR) is 329 cm³/mol. The Balaban J connectivity index is 4.13. The maximum Gasteiger partial charge on any atom is 0.268 e. The van der Waals surface area contributed by atoms with Crippen LogP contribution in [0.25, 0.3) is 0 Å². The first-order valence-electron chi connectivity index (χ1n) is 30.2. The van der Waals surface area contributed by atoms with Gasteiger partial charge < -0.3 is 28.8 Å². The van der Waals surface area contributed by atoms with Crippen molar-refractivity contribution in [3.63, 3.8) is 0 Å². The van der Waals surface area contributed by atoms with Crippen LogP contribution in [0.4, 0.5) is 0 Å². The second kappa shape index (κ2) is 56.1. The fraction of sp³-hybridized carbons (Fsp3) is 0.627. The lowest BCUT2D eigenvalue weighted by Gasteiger charge is -2.29. The molecule has 3 atom stereocenters. The number of rotatable bonds is 53. The second-order valence-corrected chi connectivity index (χ2v) is 22.4. The summed E-state index contributed by atoms with van der Waals surface area (Å²) < 4.78 is 23.3. The van der Waals surface area contributed by atoms with E-state index in [-0.39, 0.29) is 12.5 Å². The van der Waals surface area contributed by atoms with E-state index in [1.165, 1.54) is 77.0 Å². The molecule has 2 N–H and O–H groups in total. The first-order valence-corrected chi connectivity index (χ1v) is 31.7. The molecular weight excluding hydrogens is 960 g/mol. The maximum absolute atomic E-state index is 12.9. The van der Waals surface area contributed by atoms with Crippen LogP contribution in [0.1, 0.15) is 219 Å². The Hall–Kier alpha value is -3.62. The number of hydrogen-bond acceptors (Lipinski definition) is 6. The minimum absolute atomic E-state index is 0.0104. The van der Waals surface area contributed by atoms with E-state index in [4.69, 9.17) is 9.05 Å². The van der Waals surface area contributed by atoms with E-state index in [9.17, 15) is 19.4 Å². The van der Waals surface area contributed by atoms with E-state index in [0.717, 1.165) is 122 Å². The quantitative estimate of drug-likeness (QED) is 0.0272. The van der Waals surface area contributed by atoms with Gasteiger partial charge in [-0.3, -0.25) is 9.36 Å². The van der Waals surface area contributed by atoms with E-state index in [1.54, 1.807) is 6.08 Å². The van der Waals surface area contributed by atoms with E-state index >= 15 is 0 Å². The molecule has 76 heavy (non-hydrogen) atoms. The van der Waals surface area contributed by atoms with E-state index < -0.39 is 26.6 Å². The minimum atomic E-state index is -4.61. The lowest BCUT2D eigenvalue weighted by molar-refractivity contribution is -0.870. The average Bonchev–Trinajstić information content (AvgIpc) is 3.38. The van der Waals surface area contributed by atoms with Gasteiger partial charge in [0.05, 0.1) is 39.9 Å². The predicted octanol–water partition coefficient (Wildman–Crippen LogP) is 18.2. The highest BCUT2D eigenvalue weighted by molar-refractivity contribution is 7.45. The molecule has 0 bridgehead atoms. The number of phosphoric acid groups is 1. The molecule has 9 heteroatoms.